The fraction of sp³-hybridized carbons (Fsp3) is 1.00. The molecule has 3 heteroatoms. The smallest absolute Gasteiger partial charge is 0.0589 e. The van der Waals surface area contributed by atoms with Gasteiger partial charge in [0.25, 0.3) is 0 Å². The van der Waals surface area contributed by atoms with Crippen LogP contribution in [0.3, 0.4) is 0 Å². The Labute approximate surface area is 131 Å². The van der Waals surface area contributed by atoms with Gasteiger partial charge in [-0.05, 0) is 43.6 Å². The lowest BCUT2D eigenvalue weighted by atomic mass is 9.69. The Bertz CT molecular complexity index is 294. The molecule has 0 bridgehead atoms. The summed E-state index contributed by atoms with van der Waals surface area (Å²) in [6.07, 6.45) is 8.28. The van der Waals surface area contributed by atoms with Crippen LogP contribution in [0.5, 0.6) is 0 Å². The summed E-state index contributed by atoms with van der Waals surface area (Å²) < 4.78 is 5.39. The first kappa shape index (κ1) is 17.2. The van der Waals surface area contributed by atoms with E-state index < -0.39 is 0 Å². The average molecular weight is 296 g/mol. The minimum atomic E-state index is 0.416. The number of hydrogen-bond donors (Lipinski definition) is 1. The van der Waals surface area contributed by atoms with Gasteiger partial charge in [0.2, 0.25) is 0 Å². The molecule has 1 saturated carbocycles. The van der Waals surface area contributed by atoms with Crippen LogP contribution in [-0.4, -0.2) is 50.3 Å². The zero-order valence-electron chi connectivity index (χ0n) is 14.7. The molecule has 3 atom stereocenters. The monoisotopic (exact) mass is 296 g/mol. The normalized spacial score (nSPS) is 31.0. The van der Waals surface area contributed by atoms with E-state index in [1.165, 1.54) is 51.6 Å². The van der Waals surface area contributed by atoms with Gasteiger partial charge < -0.3 is 10.1 Å². The van der Waals surface area contributed by atoms with Crippen molar-refractivity contribution in [3.8, 4) is 0 Å². The van der Waals surface area contributed by atoms with Crippen molar-refractivity contribution in [3.63, 3.8) is 0 Å². The number of rotatable bonds is 6. The molecule has 1 heterocycles. The predicted molar refractivity (Wildman–Crippen MR) is 89.7 cm³/mol. The number of nitrogens with zero attached hydrogens (tertiary/aromatic N) is 1. The highest BCUT2D eigenvalue weighted by atomic mass is 16.5. The molecule has 0 aromatic carbocycles. The van der Waals surface area contributed by atoms with E-state index in [2.05, 4.69) is 31.0 Å². The van der Waals surface area contributed by atoms with Crippen LogP contribution in [-0.2, 0) is 4.74 Å². The summed E-state index contributed by atoms with van der Waals surface area (Å²) >= 11 is 0. The van der Waals surface area contributed by atoms with Crippen molar-refractivity contribution in [2.45, 2.75) is 71.4 Å². The number of nitrogens with one attached hydrogen (secondary N) is 1. The summed E-state index contributed by atoms with van der Waals surface area (Å²) in [7, 11) is 1.83. The fourth-order valence-corrected chi connectivity index (χ4v) is 4.36. The minimum absolute atomic E-state index is 0.416. The van der Waals surface area contributed by atoms with Crippen molar-refractivity contribution < 1.29 is 4.74 Å². The molecule has 0 radical (unpaired) electrons. The minimum Gasteiger partial charge on any atom is -0.383 e. The van der Waals surface area contributed by atoms with Crippen LogP contribution < -0.4 is 5.32 Å². The summed E-state index contributed by atoms with van der Waals surface area (Å²) in [6.45, 7) is 11.7. The summed E-state index contributed by atoms with van der Waals surface area (Å²) in [4.78, 5) is 2.75. The molecule has 124 valence electrons. The second-order valence-corrected chi connectivity index (χ2v) is 8.11. The lowest BCUT2D eigenvalue weighted by Crippen LogP contribution is -2.51. The molecule has 0 spiro atoms. The van der Waals surface area contributed by atoms with Gasteiger partial charge in [0.1, 0.15) is 0 Å². The first-order valence-corrected chi connectivity index (χ1v) is 8.98. The average Bonchev–Trinajstić information content (AvgIpc) is 2.95. The molecule has 2 aliphatic rings. The molecular weight excluding hydrogens is 260 g/mol. The van der Waals surface area contributed by atoms with E-state index in [1.54, 1.807) is 0 Å². The van der Waals surface area contributed by atoms with E-state index in [0.717, 1.165) is 25.1 Å². The summed E-state index contributed by atoms with van der Waals surface area (Å²) in [5.41, 5.74) is 0.416. The zero-order chi connectivity index (χ0) is 15.3. The van der Waals surface area contributed by atoms with Gasteiger partial charge in [-0.2, -0.15) is 0 Å². The Morgan fingerprint density at radius 1 is 1.10 bits per heavy atom. The molecule has 1 N–H and O–H groups in total. The lowest BCUT2D eigenvalue weighted by Gasteiger charge is -2.46. The van der Waals surface area contributed by atoms with Crippen LogP contribution in [0.2, 0.25) is 0 Å². The van der Waals surface area contributed by atoms with E-state index >= 15 is 0 Å². The quantitative estimate of drug-likeness (QED) is 0.814. The molecule has 1 aliphatic carbocycles. The van der Waals surface area contributed by atoms with Crippen LogP contribution >= 0.6 is 0 Å². The highest BCUT2D eigenvalue weighted by Gasteiger charge is 2.37. The Hall–Kier alpha value is -0.120. The lowest BCUT2D eigenvalue weighted by molar-refractivity contribution is 0.0221. The Morgan fingerprint density at radius 2 is 1.86 bits per heavy atom. The van der Waals surface area contributed by atoms with E-state index in [1.807, 2.05) is 7.11 Å². The van der Waals surface area contributed by atoms with Gasteiger partial charge in [0.05, 0.1) is 6.61 Å². The zero-order valence-corrected chi connectivity index (χ0v) is 14.7. The highest BCUT2D eigenvalue weighted by molar-refractivity contribution is 4.91. The van der Waals surface area contributed by atoms with Gasteiger partial charge >= 0.3 is 0 Å². The Kier molecular flexibility index (Phi) is 6.51. The van der Waals surface area contributed by atoms with Gasteiger partial charge in [0, 0.05) is 32.3 Å². The second kappa shape index (κ2) is 7.94. The molecular formula is C18H36N2O. The highest BCUT2D eigenvalue weighted by Crippen LogP contribution is 2.40. The largest absolute Gasteiger partial charge is 0.383 e. The topological polar surface area (TPSA) is 24.5 Å². The summed E-state index contributed by atoms with van der Waals surface area (Å²) in [5.74, 6) is 0.824. The van der Waals surface area contributed by atoms with Crippen LogP contribution in [0.25, 0.3) is 0 Å². The second-order valence-electron chi connectivity index (χ2n) is 8.11. The maximum absolute atomic E-state index is 5.39. The molecule has 0 aromatic rings. The molecule has 21 heavy (non-hydrogen) atoms. The molecule has 0 amide bonds. The van der Waals surface area contributed by atoms with Gasteiger partial charge in [0.15, 0.2) is 0 Å². The van der Waals surface area contributed by atoms with Crippen molar-refractivity contribution in [2.75, 3.05) is 33.4 Å². The number of methoxy groups -OCH3 is 1. The summed E-state index contributed by atoms with van der Waals surface area (Å²) in [6, 6.07) is 1.45. The standard InChI is InChI=1S/C18H36N2O/c1-18(2,3)16-9-5-6-10-17(16)20(12-13-21-4)14-15-8-7-11-19-15/h15-17,19H,5-14H2,1-4H3. The molecule has 2 fully saturated rings. The van der Waals surface area contributed by atoms with Gasteiger partial charge in [-0.15, -0.1) is 0 Å². The molecule has 0 aromatic heterocycles. The van der Waals surface area contributed by atoms with Crippen LogP contribution in [0, 0.1) is 11.3 Å². The van der Waals surface area contributed by atoms with Gasteiger partial charge in [-0.25, -0.2) is 0 Å². The van der Waals surface area contributed by atoms with Crippen LogP contribution in [0.4, 0.5) is 0 Å². The molecule has 1 aliphatic heterocycles. The Morgan fingerprint density at radius 3 is 2.48 bits per heavy atom. The third kappa shape index (κ3) is 4.94. The molecule has 2 rings (SSSR count). The van der Waals surface area contributed by atoms with Crippen molar-refractivity contribution in [3.05, 3.63) is 0 Å². The van der Waals surface area contributed by atoms with E-state index in [9.17, 15) is 0 Å². The third-order valence-corrected chi connectivity index (χ3v) is 5.51. The molecule has 1 saturated heterocycles. The first-order chi connectivity index (χ1) is 10.0. The van der Waals surface area contributed by atoms with E-state index in [-0.39, 0.29) is 0 Å². The van der Waals surface area contributed by atoms with E-state index in [4.69, 9.17) is 4.74 Å². The molecule has 3 nitrogen and oxygen atoms in total. The van der Waals surface area contributed by atoms with Crippen molar-refractivity contribution in [1.82, 2.24) is 10.2 Å². The predicted octanol–water partition coefficient (Wildman–Crippen LogP) is 3.29. The van der Waals surface area contributed by atoms with Gasteiger partial charge in [-0.3, -0.25) is 4.90 Å². The van der Waals surface area contributed by atoms with Gasteiger partial charge in [-0.1, -0.05) is 33.6 Å². The van der Waals surface area contributed by atoms with Crippen LogP contribution in [0.1, 0.15) is 59.3 Å². The van der Waals surface area contributed by atoms with E-state index in [0.29, 0.717) is 11.5 Å². The van der Waals surface area contributed by atoms with Crippen LogP contribution in [0.15, 0.2) is 0 Å². The fourth-order valence-electron chi connectivity index (χ4n) is 4.36. The summed E-state index contributed by atoms with van der Waals surface area (Å²) in [5, 5.41) is 3.67. The maximum atomic E-state index is 5.39. The van der Waals surface area contributed by atoms with Crippen molar-refractivity contribution >= 4 is 0 Å². The maximum Gasteiger partial charge on any atom is 0.0589 e. The number of hydrogen-bond acceptors (Lipinski definition) is 3. The third-order valence-electron chi connectivity index (χ3n) is 5.51. The van der Waals surface area contributed by atoms with Crippen molar-refractivity contribution in [1.29, 1.82) is 0 Å². The SMILES string of the molecule is COCCN(CC1CCCN1)C1CCCCC1C(C)(C)C. The molecule has 3 unspecified atom stereocenters. The van der Waals surface area contributed by atoms with Crippen molar-refractivity contribution in [2.24, 2.45) is 11.3 Å². The number of ether oxygens (including phenoxy) is 1. The first-order valence-electron chi connectivity index (χ1n) is 8.98. The Balaban J connectivity index is 2.04.